The van der Waals surface area contributed by atoms with Gasteiger partial charge in [0, 0.05) is 12.6 Å². The van der Waals surface area contributed by atoms with E-state index in [0.29, 0.717) is 6.54 Å². The van der Waals surface area contributed by atoms with Gasteiger partial charge in [0.05, 0.1) is 11.6 Å². The predicted octanol–water partition coefficient (Wildman–Crippen LogP) is 3.23. The lowest BCUT2D eigenvalue weighted by Crippen LogP contribution is -2.67. The molecule has 1 aliphatic heterocycles. The van der Waals surface area contributed by atoms with Crippen LogP contribution in [0.1, 0.15) is 31.0 Å². The molecule has 1 saturated heterocycles. The molecule has 20 heavy (non-hydrogen) atoms. The van der Waals surface area contributed by atoms with Crippen molar-refractivity contribution in [1.29, 1.82) is 0 Å². The molecular weight excluding hydrogens is 246 g/mol. The number of rotatable bonds is 3. The van der Waals surface area contributed by atoms with Crippen LogP contribution in [0.5, 0.6) is 0 Å². The van der Waals surface area contributed by atoms with E-state index in [0.717, 1.165) is 0 Å². The summed E-state index contributed by atoms with van der Waals surface area (Å²) in [5.74, 6) is 0. The predicted molar refractivity (Wildman–Crippen MR) is 81.5 cm³/mol. The molecule has 2 aromatic rings. The molecule has 0 saturated carbocycles. The van der Waals surface area contributed by atoms with Gasteiger partial charge in [-0.1, -0.05) is 60.7 Å². The zero-order valence-electron chi connectivity index (χ0n) is 12.0. The molecule has 3 rings (SSSR count). The summed E-state index contributed by atoms with van der Waals surface area (Å²) in [4.78, 5) is 2.37. The van der Waals surface area contributed by atoms with Crippen molar-refractivity contribution in [3.8, 4) is 0 Å². The topological polar surface area (TPSA) is 23.5 Å². The maximum atomic E-state index is 10.3. The second-order valence-corrected chi connectivity index (χ2v) is 5.93. The van der Waals surface area contributed by atoms with Crippen LogP contribution in [0, 0.1) is 0 Å². The number of benzene rings is 2. The van der Waals surface area contributed by atoms with Gasteiger partial charge in [-0.05, 0) is 25.0 Å². The Balaban J connectivity index is 1.98. The third kappa shape index (κ3) is 2.26. The van der Waals surface area contributed by atoms with Crippen LogP contribution in [0.3, 0.4) is 0 Å². The van der Waals surface area contributed by atoms with Crippen molar-refractivity contribution in [2.45, 2.75) is 31.5 Å². The van der Waals surface area contributed by atoms with Gasteiger partial charge in [-0.15, -0.1) is 0 Å². The number of hydrogen-bond donors (Lipinski definition) is 1. The monoisotopic (exact) mass is 267 g/mol. The minimum atomic E-state index is -0.582. The van der Waals surface area contributed by atoms with Crippen molar-refractivity contribution in [2.24, 2.45) is 0 Å². The van der Waals surface area contributed by atoms with Gasteiger partial charge >= 0.3 is 0 Å². The Kier molecular flexibility index (Phi) is 3.36. The van der Waals surface area contributed by atoms with Crippen LogP contribution in [-0.4, -0.2) is 28.2 Å². The molecule has 1 heterocycles. The average molecular weight is 267 g/mol. The van der Waals surface area contributed by atoms with Crippen molar-refractivity contribution in [3.05, 3.63) is 71.8 Å². The molecule has 2 nitrogen and oxygen atoms in total. The molecule has 1 aliphatic rings. The molecule has 0 radical (unpaired) electrons. The van der Waals surface area contributed by atoms with Crippen LogP contribution in [0.2, 0.25) is 0 Å². The number of aliphatic hydroxyl groups is 1. The molecular formula is C18H21NO. The third-order valence-electron chi connectivity index (χ3n) is 4.46. The summed E-state index contributed by atoms with van der Waals surface area (Å²) < 4.78 is 0. The first-order valence-corrected chi connectivity index (χ1v) is 7.17. The molecule has 1 unspecified atom stereocenters. The molecule has 104 valence electrons. The fraction of sp³-hybridized carbons (Fsp3) is 0.333. The van der Waals surface area contributed by atoms with Crippen LogP contribution >= 0.6 is 0 Å². The van der Waals surface area contributed by atoms with Crippen molar-refractivity contribution in [3.63, 3.8) is 0 Å². The fourth-order valence-electron chi connectivity index (χ4n) is 3.04. The zero-order valence-corrected chi connectivity index (χ0v) is 12.0. The third-order valence-corrected chi connectivity index (χ3v) is 4.46. The lowest BCUT2D eigenvalue weighted by atomic mass is 9.82. The number of β-amino-alcohol motifs (C(OH)–C–C–N with tert-alkyl or cyclic N) is 1. The second kappa shape index (κ2) is 5.04. The normalized spacial score (nSPS) is 26.5. The Morgan fingerprint density at radius 1 is 1.00 bits per heavy atom. The van der Waals surface area contributed by atoms with E-state index in [4.69, 9.17) is 0 Å². The van der Waals surface area contributed by atoms with Gasteiger partial charge in [-0.25, -0.2) is 0 Å². The van der Waals surface area contributed by atoms with E-state index < -0.39 is 5.60 Å². The fourth-order valence-corrected chi connectivity index (χ4v) is 3.04. The zero-order chi connectivity index (χ0) is 14.2. The number of likely N-dealkylation sites (tertiary alicyclic amines) is 1. The first kappa shape index (κ1) is 13.3. The molecule has 2 atom stereocenters. The highest BCUT2D eigenvalue weighted by Crippen LogP contribution is 2.40. The highest BCUT2D eigenvalue weighted by Gasteiger charge is 2.48. The summed E-state index contributed by atoms with van der Waals surface area (Å²) in [6.07, 6.45) is 0. The Morgan fingerprint density at radius 2 is 1.45 bits per heavy atom. The summed E-state index contributed by atoms with van der Waals surface area (Å²) in [6, 6.07) is 21.4. The van der Waals surface area contributed by atoms with Gasteiger partial charge in [0.25, 0.3) is 0 Å². The van der Waals surface area contributed by atoms with E-state index in [1.165, 1.54) is 11.1 Å². The molecule has 2 heteroatoms. The molecule has 0 aliphatic carbocycles. The Labute approximate surface area is 120 Å². The van der Waals surface area contributed by atoms with Crippen molar-refractivity contribution in [1.82, 2.24) is 4.90 Å². The average Bonchev–Trinajstić information content (AvgIpc) is 2.48. The number of nitrogens with zero attached hydrogens (tertiary/aromatic N) is 1. The van der Waals surface area contributed by atoms with Crippen LogP contribution in [0.25, 0.3) is 0 Å². The van der Waals surface area contributed by atoms with Gasteiger partial charge in [-0.3, -0.25) is 4.90 Å². The van der Waals surface area contributed by atoms with E-state index in [-0.39, 0.29) is 12.1 Å². The minimum Gasteiger partial charge on any atom is -0.387 e. The maximum absolute atomic E-state index is 10.3. The Bertz CT molecular complexity index is 525. The van der Waals surface area contributed by atoms with Crippen LogP contribution in [0.15, 0.2) is 60.7 Å². The smallest absolute Gasteiger partial charge is 0.0898 e. The van der Waals surface area contributed by atoms with Crippen molar-refractivity contribution < 1.29 is 5.11 Å². The molecule has 1 fully saturated rings. The minimum absolute atomic E-state index is 0.160. The summed E-state index contributed by atoms with van der Waals surface area (Å²) in [7, 11) is 0. The molecule has 0 spiro atoms. The first-order chi connectivity index (χ1) is 9.59. The van der Waals surface area contributed by atoms with Crippen LogP contribution in [0.4, 0.5) is 0 Å². The maximum Gasteiger partial charge on any atom is 0.0898 e. The van der Waals surface area contributed by atoms with E-state index in [9.17, 15) is 5.11 Å². The standard InChI is InChI=1S/C18H21NO/c1-14-18(2,20)13-19(14)17(15-9-5-3-6-10-15)16-11-7-4-8-12-16/h3-12,14,17,20H,13H2,1-2H3/t14-,18?/m1/s1. The lowest BCUT2D eigenvalue weighted by molar-refractivity contribution is -0.145. The van der Waals surface area contributed by atoms with Gasteiger partial charge in [0.15, 0.2) is 0 Å². The molecule has 0 aromatic heterocycles. The summed E-state index contributed by atoms with van der Waals surface area (Å²) in [5, 5.41) is 10.3. The largest absolute Gasteiger partial charge is 0.387 e. The highest BCUT2D eigenvalue weighted by atomic mass is 16.3. The van der Waals surface area contributed by atoms with E-state index >= 15 is 0 Å². The lowest BCUT2D eigenvalue weighted by Gasteiger charge is -2.54. The van der Waals surface area contributed by atoms with Crippen LogP contribution in [-0.2, 0) is 0 Å². The number of hydrogen-bond acceptors (Lipinski definition) is 2. The van der Waals surface area contributed by atoms with Gasteiger partial charge in [0.2, 0.25) is 0 Å². The summed E-state index contributed by atoms with van der Waals surface area (Å²) >= 11 is 0. The quantitative estimate of drug-likeness (QED) is 0.923. The molecule has 1 N–H and O–H groups in total. The van der Waals surface area contributed by atoms with E-state index in [1.807, 2.05) is 19.1 Å². The molecule has 2 aromatic carbocycles. The first-order valence-electron chi connectivity index (χ1n) is 7.17. The van der Waals surface area contributed by atoms with E-state index in [2.05, 4.69) is 60.4 Å². The van der Waals surface area contributed by atoms with Crippen molar-refractivity contribution in [2.75, 3.05) is 6.54 Å². The van der Waals surface area contributed by atoms with Crippen molar-refractivity contribution >= 4 is 0 Å². The molecule has 0 bridgehead atoms. The Morgan fingerprint density at radius 3 is 1.80 bits per heavy atom. The summed E-state index contributed by atoms with van der Waals surface area (Å²) in [5.41, 5.74) is 1.98. The van der Waals surface area contributed by atoms with Gasteiger partial charge < -0.3 is 5.11 Å². The van der Waals surface area contributed by atoms with Crippen LogP contribution < -0.4 is 0 Å². The Hall–Kier alpha value is -1.64. The van der Waals surface area contributed by atoms with E-state index in [1.54, 1.807) is 0 Å². The summed E-state index contributed by atoms with van der Waals surface area (Å²) in [6.45, 7) is 4.73. The van der Waals surface area contributed by atoms with Gasteiger partial charge in [-0.2, -0.15) is 0 Å². The van der Waals surface area contributed by atoms with Gasteiger partial charge in [0.1, 0.15) is 0 Å². The highest BCUT2D eigenvalue weighted by molar-refractivity contribution is 5.33. The second-order valence-electron chi connectivity index (χ2n) is 5.93. The molecule has 0 amide bonds. The SMILES string of the molecule is C[C@H]1N(C(c2ccccc2)c2ccccc2)CC1(C)O.